The van der Waals surface area contributed by atoms with Gasteiger partial charge in [-0.2, -0.15) is 0 Å². The minimum atomic E-state index is 0.563. The normalized spacial score (nSPS) is 15.0. The summed E-state index contributed by atoms with van der Waals surface area (Å²) in [5.41, 5.74) is 9.19. The molecule has 0 spiro atoms. The third kappa shape index (κ3) is 1.14. The molecule has 0 atom stereocenters. The van der Waals surface area contributed by atoms with E-state index in [0.717, 1.165) is 12.1 Å². The Morgan fingerprint density at radius 2 is 2.27 bits per heavy atom. The van der Waals surface area contributed by atoms with Crippen molar-refractivity contribution < 1.29 is 0 Å². The summed E-state index contributed by atoms with van der Waals surface area (Å²) in [6.45, 7) is 0.563. The zero-order valence-electron chi connectivity index (χ0n) is 6.51. The van der Waals surface area contributed by atoms with Crippen LogP contribution >= 0.6 is 0 Å². The fourth-order valence-corrected chi connectivity index (χ4v) is 1.58. The van der Waals surface area contributed by atoms with Crippen LogP contribution in [0, 0.1) is 0 Å². The van der Waals surface area contributed by atoms with Gasteiger partial charge < -0.3 is 5.73 Å². The molecule has 2 heteroatoms. The second kappa shape index (κ2) is 2.62. The number of pyridine rings is 1. The molecule has 0 aliphatic heterocycles. The highest BCUT2D eigenvalue weighted by Crippen LogP contribution is 2.19. The molecule has 11 heavy (non-hydrogen) atoms. The molecule has 0 fully saturated rings. The van der Waals surface area contributed by atoms with E-state index in [1.165, 1.54) is 24.1 Å². The minimum Gasteiger partial charge on any atom is -0.325 e. The average Bonchev–Trinajstić information content (AvgIpc) is 2.50. The SMILES string of the molecule is NCc1ccc2c(n1)CCC2. The van der Waals surface area contributed by atoms with E-state index in [-0.39, 0.29) is 0 Å². The fourth-order valence-electron chi connectivity index (χ4n) is 1.58. The van der Waals surface area contributed by atoms with Crippen molar-refractivity contribution >= 4 is 0 Å². The zero-order valence-corrected chi connectivity index (χ0v) is 6.51. The fraction of sp³-hybridized carbons (Fsp3) is 0.444. The quantitative estimate of drug-likeness (QED) is 0.646. The van der Waals surface area contributed by atoms with Crippen LogP contribution < -0.4 is 5.73 Å². The highest BCUT2D eigenvalue weighted by molar-refractivity contribution is 5.26. The first-order chi connectivity index (χ1) is 5.40. The molecular formula is C9H12N2. The summed E-state index contributed by atoms with van der Waals surface area (Å²) < 4.78 is 0. The Labute approximate surface area is 66.4 Å². The molecule has 0 amide bonds. The van der Waals surface area contributed by atoms with Gasteiger partial charge in [0.1, 0.15) is 0 Å². The van der Waals surface area contributed by atoms with Gasteiger partial charge in [0.15, 0.2) is 0 Å². The standard InChI is InChI=1S/C9H12N2/c10-6-8-5-4-7-2-1-3-9(7)11-8/h4-5H,1-3,6,10H2. The van der Waals surface area contributed by atoms with Gasteiger partial charge in [0.05, 0.1) is 5.69 Å². The molecule has 0 radical (unpaired) electrons. The van der Waals surface area contributed by atoms with Gasteiger partial charge in [-0.25, -0.2) is 0 Å². The first-order valence-electron chi connectivity index (χ1n) is 4.08. The van der Waals surface area contributed by atoms with Gasteiger partial charge >= 0.3 is 0 Å². The first-order valence-corrected chi connectivity index (χ1v) is 4.08. The molecule has 1 heterocycles. The van der Waals surface area contributed by atoms with Gasteiger partial charge in [0.2, 0.25) is 0 Å². The zero-order chi connectivity index (χ0) is 7.68. The van der Waals surface area contributed by atoms with E-state index in [2.05, 4.69) is 11.1 Å². The molecule has 1 aromatic rings. The number of hydrogen-bond donors (Lipinski definition) is 1. The molecule has 1 aliphatic carbocycles. The predicted molar refractivity (Wildman–Crippen MR) is 44.2 cm³/mol. The third-order valence-electron chi connectivity index (χ3n) is 2.19. The number of fused-ring (bicyclic) bond motifs is 1. The van der Waals surface area contributed by atoms with Crippen LogP contribution in [0.2, 0.25) is 0 Å². The van der Waals surface area contributed by atoms with Crippen LogP contribution in [0.1, 0.15) is 23.4 Å². The molecule has 58 valence electrons. The van der Waals surface area contributed by atoms with E-state index in [9.17, 15) is 0 Å². The second-order valence-corrected chi connectivity index (χ2v) is 2.97. The summed E-state index contributed by atoms with van der Waals surface area (Å²) in [5, 5.41) is 0. The molecule has 2 nitrogen and oxygen atoms in total. The Hall–Kier alpha value is -0.890. The van der Waals surface area contributed by atoms with E-state index in [0.29, 0.717) is 6.54 Å². The van der Waals surface area contributed by atoms with Crippen LogP contribution in [0.15, 0.2) is 12.1 Å². The van der Waals surface area contributed by atoms with Crippen LogP contribution in [-0.4, -0.2) is 4.98 Å². The van der Waals surface area contributed by atoms with Gasteiger partial charge in [-0.15, -0.1) is 0 Å². The molecule has 0 saturated heterocycles. The number of aromatic nitrogens is 1. The van der Waals surface area contributed by atoms with E-state index in [1.807, 2.05) is 6.07 Å². The van der Waals surface area contributed by atoms with Crippen LogP contribution in [-0.2, 0) is 19.4 Å². The monoisotopic (exact) mass is 148 g/mol. The molecule has 1 aromatic heterocycles. The van der Waals surface area contributed by atoms with E-state index >= 15 is 0 Å². The first kappa shape index (κ1) is 6.80. The second-order valence-electron chi connectivity index (χ2n) is 2.97. The lowest BCUT2D eigenvalue weighted by Crippen LogP contribution is -2.01. The van der Waals surface area contributed by atoms with Crippen molar-refractivity contribution in [2.75, 3.05) is 0 Å². The highest BCUT2D eigenvalue weighted by Gasteiger charge is 2.11. The summed E-state index contributed by atoms with van der Waals surface area (Å²) >= 11 is 0. The van der Waals surface area contributed by atoms with Gasteiger partial charge in [-0.05, 0) is 30.9 Å². The van der Waals surface area contributed by atoms with Crippen LogP contribution in [0.4, 0.5) is 0 Å². The van der Waals surface area contributed by atoms with Crippen molar-refractivity contribution in [3.05, 3.63) is 29.1 Å². The summed E-state index contributed by atoms with van der Waals surface area (Å²) in [5.74, 6) is 0. The molecule has 0 saturated carbocycles. The summed E-state index contributed by atoms with van der Waals surface area (Å²) in [4.78, 5) is 4.45. The molecule has 2 rings (SSSR count). The number of nitrogens with two attached hydrogens (primary N) is 1. The highest BCUT2D eigenvalue weighted by atomic mass is 14.8. The van der Waals surface area contributed by atoms with Crippen molar-refractivity contribution in [2.45, 2.75) is 25.8 Å². The van der Waals surface area contributed by atoms with Crippen LogP contribution in [0.25, 0.3) is 0 Å². The summed E-state index contributed by atoms with van der Waals surface area (Å²) in [6, 6.07) is 4.20. The largest absolute Gasteiger partial charge is 0.325 e. The number of aryl methyl sites for hydroxylation is 2. The van der Waals surface area contributed by atoms with E-state index < -0.39 is 0 Å². The summed E-state index contributed by atoms with van der Waals surface area (Å²) in [6.07, 6.45) is 3.60. The topological polar surface area (TPSA) is 38.9 Å². The Balaban J connectivity index is 2.41. The lowest BCUT2D eigenvalue weighted by molar-refractivity contribution is 0.887. The maximum atomic E-state index is 5.48. The Bertz CT molecular complexity index is 268. The smallest absolute Gasteiger partial charge is 0.0543 e. The number of rotatable bonds is 1. The Morgan fingerprint density at radius 3 is 3.09 bits per heavy atom. The van der Waals surface area contributed by atoms with Crippen LogP contribution in [0.5, 0.6) is 0 Å². The maximum Gasteiger partial charge on any atom is 0.0543 e. The van der Waals surface area contributed by atoms with Gasteiger partial charge in [-0.1, -0.05) is 6.07 Å². The molecule has 0 unspecified atom stereocenters. The molecule has 0 aromatic carbocycles. The maximum absolute atomic E-state index is 5.48. The Kier molecular flexibility index (Phi) is 1.62. The van der Waals surface area contributed by atoms with Crippen molar-refractivity contribution in [2.24, 2.45) is 5.73 Å². The van der Waals surface area contributed by atoms with E-state index in [1.54, 1.807) is 0 Å². The molecule has 0 bridgehead atoms. The lowest BCUT2D eigenvalue weighted by Gasteiger charge is -1.99. The van der Waals surface area contributed by atoms with Gasteiger partial charge in [0, 0.05) is 12.2 Å². The Morgan fingerprint density at radius 1 is 1.36 bits per heavy atom. The van der Waals surface area contributed by atoms with Crippen molar-refractivity contribution in [3.63, 3.8) is 0 Å². The average molecular weight is 148 g/mol. The van der Waals surface area contributed by atoms with E-state index in [4.69, 9.17) is 5.73 Å². The molecule has 2 N–H and O–H groups in total. The van der Waals surface area contributed by atoms with Crippen molar-refractivity contribution in [3.8, 4) is 0 Å². The molecular weight excluding hydrogens is 136 g/mol. The minimum absolute atomic E-state index is 0.563. The third-order valence-corrected chi connectivity index (χ3v) is 2.19. The molecule has 1 aliphatic rings. The van der Waals surface area contributed by atoms with Crippen molar-refractivity contribution in [1.82, 2.24) is 4.98 Å². The number of nitrogens with zero attached hydrogens (tertiary/aromatic N) is 1. The van der Waals surface area contributed by atoms with Crippen molar-refractivity contribution in [1.29, 1.82) is 0 Å². The summed E-state index contributed by atoms with van der Waals surface area (Å²) in [7, 11) is 0. The predicted octanol–water partition coefficient (Wildman–Crippen LogP) is 1.03. The van der Waals surface area contributed by atoms with Crippen LogP contribution in [0.3, 0.4) is 0 Å². The van der Waals surface area contributed by atoms with Gasteiger partial charge in [-0.3, -0.25) is 4.98 Å². The lowest BCUT2D eigenvalue weighted by atomic mass is 10.2. The number of hydrogen-bond acceptors (Lipinski definition) is 2. The van der Waals surface area contributed by atoms with Gasteiger partial charge in [0.25, 0.3) is 0 Å².